The zero-order chi connectivity index (χ0) is 14.7. The van der Waals surface area contributed by atoms with E-state index in [1.54, 1.807) is 18.0 Å². The molecule has 0 atom stereocenters. The first-order chi connectivity index (χ1) is 9.56. The van der Waals surface area contributed by atoms with E-state index in [4.69, 9.17) is 10.5 Å². The molecule has 0 amide bonds. The molecule has 2 aromatic rings. The van der Waals surface area contributed by atoms with Gasteiger partial charge in [0.1, 0.15) is 5.75 Å². The molecular formula is C14H18N4O2. The van der Waals surface area contributed by atoms with Crippen LogP contribution in [0.4, 0.5) is 0 Å². The number of hydrogen-bond donors (Lipinski definition) is 1. The number of benzene rings is 1. The van der Waals surface area contributed by atoms with E-state index in [1.807, 2.05) is 26.0 Å². The van der Waals surface area contributed by atoms with Crippen LogP contribution in [0.5, 0.6) is 5.75 Å². The van der Waals surface area contributed by atoms with Gasteiger partial charge >= 0.3 is 0 Å². The molecule has 2 rings (SSSR count). The highest BCUT2D eigenvalue weighted by atomic mass is 16.5. The summed E-state index contributed by atoms with van der Waals surface area (Å²) in [6, 6.07) is 3.67. The van der Waals surface area contributed by atoms with Crippen LogP contribution in [0.3, 0.4) is 0 Å². The van der Waals surface area contributed by atoms with Crippen molar-refractivity contribution in [3.63, 3.8) is 0 Å². The highest BCUT2D eigenvalue weighted by Gasteiger charge is 2.17. The van der Waals surface area contributed by atoms with Gasteiger partial charge in [-0.1, -0.05) is 5.21 Å². The van der Waals surface area contributed by atoms with Gasteiger partial charge in [-0.15, -0.1) is 5.10 Å². The maximum absolute atomic E-state index is 12.4. The Morgan fingerprint density at radius 2 is 2.10 bits per heavy atom. The number of hydrogen-bond acceptors (Lipinski definition) is 5. The number of methoxy groups -OCH3 is 1. The molecule has 6 nitrogen and oxygen atoms in total. The van der Waals surface area contributed by atoms with E-state index in [-0.39, 0.29) is 5.78 Å². The molecule has 0 unspecified atom stereocenters. The standard InChI is InChI=1S/C14H18N4O2/c1-9-7-13(20-3)10(2)6-11(9)14(19)12-8-18(5-4-15)17-16-12/h6-8H,4-5,15H2,1-3H3. The number of rotatable bonds is 5. The minimum absolute atomic E-state index is 0.142. The molecule has 0 radical (unpaired) electrons. The van der Waals surface area contributed by atoms with Crippen LogP contribution in [0.2, 0.25) is 0 Å². The molecule has 0 spiro atoms. The lowest BCUT2D eigenvalue weighted by Gasteiger charge is -2.09. The fourth-order valence-electron chi connectivity index (χ4n) is 2.04. The Morgan fingerprint density at radius 3 is 2.75 bits per heavy atom. The quantitative estimate of drug-likeness (QED) is 0.825. The van der Waals surface area contributed by atoms with Gasteiger partial charge in [0.2, 0.25) is 5.78 Å². The van der Waals surface area contributed by atoms with Crippen LogP contribution in [-0.2, 0) is 6.54 Å². The van der Waals surface area contributed by atoms with E-state index >= 15 is 0 Å². The van der Waals surface area contributed by atoms with Gasteiger partial charge in [-0.2, -0.15) is 0 Å². The van der Waals surface area contributed by atoms with Gasteiger partial charge in [-0.25, -0.2) is 0 Å². The summed E-state index contributed by atoms with van der Waals surface area (Å²) < 4.78 is 6.81. The molecule has 2 N–H and O–H groups in total. The summed E-state index contributed by atoms with van der Waals surface area (Å²) >= 11 is 0. The Balaban J connectivity index is 2.35. The molecular weight excluding hydrogens is 256 g/mol. The van der Waals surface area contributed by atoms with Crippen molar-refractivity contribution in [2.24, 2.45) is 5.73 Å². The number of ketones is 1. The van der Waals surface area contributed by atoms with Gasteiger partial charge in [0.05, 0.1) is 19.9 Å². The third-order valence-corrected chi connectivity index (χ3v) is 3.12. The molecule has 0 bridgehead atoms. The van der Waals surface area contributed by atoms with E-state index in [0.717, 1.165) is 16.9 Å². The van der Waals surface area contributed by atoms with E-state index in [0.29, 0.717) is 24.3 Å². The van der Waals surface area contributed by atoms with Crippen LogP contribution in [0.1, 0.15) is 27.2 Å². The summed E-state index contributed by atoms with van der Waals surface area (Å²) in [5.41, 5.74) is 8.15. The summed E-state index contributed by atoms with van der Waals surface area (Å²) in [7, 11) is 1.61. The summed E-state index contributed by atoms with van der Waals surface area (Å²) in [5, 5.41) is 7.78. The molecule has 0 fully saturated rings. The maximum atomic E-state index is 12.4. The number of aryl methyl sites for hydroxylation is 2. The monoisotopic (exact) mass is 274 g/mol. The van der Waals surface area contributed by atoms with E-state index in [2.05, 4.69) is 10.3 Å². The largest absolute Gasteiger partial charge is 0.496 e. The van der Waals surface area contributed by atoms with Gasteiger partial charge in [-0.05, 0) is 37.1 Å². The van der Waals surface area contributed by atoms with Crippen molar-refractivity contribution in [3.8, 4) is 5.75 Å². The first-order valence-electron chi connectivity index (χ1n) is 6.37. The van der Waals surface area contributed by atoms with Crippen molar-refractivity contribution in [2.75, 3.05) is 13.7 Å². The Labute approximate surface area is 117 Å². The molecule has 6 heteroatoms. The maximum Gasteiger partial charge on any atom is 0.215 e. The number of carbonyl (C=O) groups excluding carboxylic acids is 1. The first kappa shape index (κ1) is 14.2. The third kappa shape index (κ3) is 2.70. The smallest absolute Gasteiger partial charge is 0.215 e. The fraction of sp³-hybridized carbons (Fsp3) is 0.357. The highest BCUT2D eigenvalue weighted by molar-refractivity contribution is 6.08. The Hall–Kier alpha value is -2.21. The summed E-state index contributed by atoms with van der Waals surface area (Å²) in [4.78, 5) is 12.4. The molecule has 0 aliphatic heterocycles. The molecule has 1 heterocycles. The molecule has 1 aromatic heterocycles. The molecule has 0 saturated carbocycles. The Kier molecular flexibility index (Phi) is 4.14. The lowest BCUT2D eigenvalue weighted by atomic mass is 10.00. The average molecular weight is 274 g/mol. The SMILES string of the molecule is COc1cc(C)c(C(=O)c2cn(CCN)nn2)cc1C. The second kappa shape index (κ2) is 5.83. The van der Waals surface area contributed by atoms with Crippen molar-refractivity contribution >= 4 is 5.78 Å². The van der Waals surface area contributed by atoms with Crippen LogP contribution in [-0.4, -0.2) is 34.4 Å². The predicted octanol–water partition coefficient (Wildman–Crippen LogP) is 1.09. The summed E-state index contributed by atoms with van der Waals surface area (Å²) in [6.07, 6.45) is 1.62. The van der Waals surface area contributed by atoms with E-state index in [1.165, 1.54) is 0 Å². The number of ether oxygens (including phenoxy) is 1. The Morgan fingerprint density at radius 1 is 1.35 bits per heavy atom. The van der Waals surface area contributed by atoms with Gasteiger partial charge < -0.3 is 10.5 Å². The summed E-state index contributed by atoms with van der Waals surface area (Å²) in [5.74, 6) is 0.627. The van der Waals surface area contributed by atoms with Gasteiger partial charge in [0, 0.05) is 12.1 Å². The lowest BCUT2D eigenvalue weighted by Crippen LogP contribution is -2.10. The van der Waals surface area contributed by atoms with Crippen molar-refractivity contribution in [2.45, 2.75) is 20.4 Å². The highest BCUT2D eigenvalue weighted by Crippen LogP contribution is 2.23. The molecule has 106 valence electrons. The zero-order valence-electron chi connectivity index (χ0n) is 11.9. The molecule has 0 aliphatic carbocycles. The predicted molar refractivity (Wildman–Crippen MR) is 75.0 cm³/mol. The van der Waals surface area contributed by atoms with Crippen LogP contribution in [0.25, 0.3) is 0 Å². The first-order valence-corrected chi connectivity index (χ1v) is 6.37. The van der Waals surface area contributed by atoms with Crippen molar-refractivity contribution < 1.29 is 9.53 Å². The van der Waals surface area contributed by atoms with Crippen molar-refractivity contribution in [1.29, 1.82) is 0 Å². The minimum atomic E-state index is -0.142. The molecule has 0 aliphatic rings. The van der Waals surface area contributed by atoms with Crippen LogP contribution < -0.4 is 10.5 Å². The molecule has 1 aromatic carbocycles. The number of carbonyl (C=O) groups is 1. The van der Waals surface area contributed by atoms with Crippen molar-refractivity contribution in [3.05, 3.63) is 40.7 Å². The second-order valence-corrected chi connectivity index (χ2v) is 4.62. The van der Waals surface area contributed by atoms with Gasteiger partial charge in [0.15, 0.2) is 5.69 Å². The van der Waals surface area contributed by atoms with Gasteiger partial charge in [-0.3, -0.25) is 9.48 Å². The van der Waals surface area contributed by atoms with E-state index < -0.39 is 0 Å². The third-order valence-electron chi connectivity index (χ3n) is 3.12. The average Bonchev–Trinajstić information content (AvgIpc) is 2.89. The van der Waals surface area contributed by atoms with Crippen LogP contribution >= 0.6 is 0 Å². The van der Waals surface area contributed by atoms with Crippen LogP contribution in [0.15, 0.2) is 18.3 Å². The fourth-order valence-corrected chi connectivity index (χ4v) is 2.04. The summed E-state index contributed by atoms with van der Waals surface area (Å²) in [6.45, 7) is 4.78. The van der Waals surface area contributed by atoms with Crippen molar-refractivity contribution in [1.82, 2.24) is 15.0 Å². The second-order valence-electron chi connectivity index (χ2n) is 4.62. The molecule has 20 heavy (non-hydrogen) atoms. The molecule has 0 saturated heterocycles. The van der Waals surface area contributed by atoms with E-state index in [9.17, 15) is 4.79 Å². The number of nitrogens with zero attached hydrogens (tertiary/aromatic N) is 3. The Bertz CT molecular complexity index is 634. The lowest BCUT2D eigenvalue weighted by molar-refractivity contribution is 0.103. The topological polar surface area (TPSA) is 83.0 Å². The number of aromatic nitrogens is 3. The van der Waals surface area contributed by atoms with Gasteiger partial charge in [0.25, 0.3) is 0 Å². The number of nitrogens with two attached hydrogens (primary N) is 1. The van der Waals surface area contributed by atoms with Crippen LogP contribution in [0, 0.1) is 13.8 Å². The minimum Gasteiger partial charge on any atom is -0.496 e. The zero-order valence-corrected chi connectivity index (χ0v) is 11.9. The normalized spacial score (nSPS) is 10.6.